The van der Waals surface area contributed by atoms with Gasteiger partial charge in [0.2, 0.25) is 6.79 Å². The Balaban J connectivity index is 1.64. The Bertz CT molecular complexity index is 808. The van der Waals surface area contributed by atoms with Gasteiger partial charge in [0.25, 0.3) is 5.91 Å². The maximum Gasteiger partial charge on any atom is 0.273 e. The van der Waals surface area contributed by atoms with Crippen LogP contribution in [0.15, 0.2) is 42.6 Å². The van der Waals surface area contributed by atoms with E-state index in [2.05, 4.69) is 18.8 Å². The van der Waals surface area contributed by atoms with Crippen molar-refractivity contribution in [3.8, 4) is 11.5 Å². The maximum atomic E-state index is 13.3. The van der Waals surface area contributed by atoms with Crippen molar-refractivity contribution in [2.45, 2.75) is 45.7 Å². The van der Waals surface area contributed by atoms with Gasteiger partial charge in [-0.3, -0.25) is 9.78 Å². The Morgan fingerprint density at radius 2 is 2.00 bits per heavy atom. The van der Waals surface area contributed by atoms with Gasteiger partial charge in [-0.2, -0.15) is 0 Å². The van der Waals surface area contributed by atoms with E-state index in [4.69, 9.17) is 9.47 Å². The second kappa shape index (κ2) is 7.59. The summed E-state index contributed by atoms with van der Waals surface area (Å²) in [5, 5.41) is 0. The first-order valence-corrected chi connectivity index (χ1v) is 9.74. The monoisotopic (exact) mass is 366 g/mol. The summed E-state index contributed by atoms with van der Waals surface area (Å²) in [7, 11) is 0. The Morgan fingerprint density at radius 3 is 2.81 bits per heavy atom. The summed E-state index contributed by atoms with van der Waals surface area (Å²) in [6.45, 7) is 5.37. The second-order valence-electron chi connectivity index (χ2n) is 7.67. The smallest absolute Gasteiger partial charge is 0.273 e. The van der Waals surface area contributed by atoms with Crippen molar-refractivity contribution in [3.05, 3.63) is 53.9 Å². The summed E-state index contributed by atoms with van der Waals surface area (Å²) in [6.07, 6.45) is 5.10. The number of ether oxygens (including phenoxy) is 2. The molecule has 3 atom stereocenters. The van der Waals surface area contributed by atoms with Gasteiger partial charge in [0.1, 0.15) is 5.69 Å². The fourth-order valence-corrected chi connectivity index (χ4v) is 4.21. The summed E-state index contributed by atoms with van der Waals surface area (Å²) < 4.78 is 10.9. The van der Waals surface area contributed by atoms with Gasteiger partial charge in [0.05, 0.1) is 0 Å². The molecule has 2 heterocycles. The average molecular weight is 366 g/mol. The van der Waals surface area contributed by atoms with Crippen LogP contribution in [0.3, 0.4) is 0 Å². The van der Waals surface area contributed by atoms with Crippen LogP contribution in [0.5, 0.6) is 11.5 Å². The summed E-state index contributed by atoms with van der Waals surface area (Å²) in [5.74, 6) is 2.59. The molecule has 1 aliphatic heterocycles. The largest absolute Gasteiger partial charge is 0.454 e. The number of fused-ring (bicyclic) bond motifs is 1. The van der Waals surface area contributed by atoms with Gasteiger partial charge in [-0.25, -0.2) is 0 Å². The van der Waals surface area contributed by atoms with E-state index in [0.717, 1.165) is 29.9 Å². The van der Waals surface area contributed by atoms with E-state index in [1.165, 1.54) is 6.42 Å². The first-order chi connectivity index (χ1) is 13.1. The van der Waals surface area contributed by atoms with Gasteiger partial charge in [-0.05, 0) is 48.1 Å². The number of benzene rings is 1. The summed E-state index contributed by atoms with van der Waals surface area (Å²) in [4.78, 5) is 19.7. The fourth-order valence-electron chi connectivity index (χ4n) is 4.21. The van der Waals surface area contributed by atoms with Crippen LogP contribution in [0, 0.1) is 11.8 Å². The predicted octanol–water partition coefficient (Wildman–Crippen LogP) is 4.28. The van der Waals surface area contributed by atoms with E-state index in [-0.39, 0.29) is 18.7 Å². The molecule has 0 saturated heterocycles. The van der Waals surface area contributed by atoms with Crippen LogP contribution in [-0.2, 0) is 6.54 Å². The number of rotatable bonds is 4. The second-order valence-corrected chi connectivity index (χ2v) is 7.67. The number of hydrogen-bond acceptors (Lipinski definition) is 4. The predicted molar refractivity (Wildman–Crippen MR) is 103 cm³/mol. The lowest BCUT2D eigenvalue weighted by Gasteiger charge is -2.41. The highest BCUT2D eigenvalue weighted by molar-refractivity contribution is 5.92. The molecule has 5 heteroatoms. The Kier molecular flexibility index (Phi) is 5.01. The number of amides is 1. The SMILES string of the molecule is CC1CCCC(N(Cc2ccc3c(c2)OCO3)C(=O)c2ccccn2)C1C. The Labute approximate surface area is 160 Å². The zero-order valence-electron chi connectivity index (χ0n) is 15.9. The normalized spacial score (nSPS) is 23.9. The molecular weight excluding hydrogens is 340 g/mol. The van der Waals surface area contributed by atoms with Crippen LogP contribution in [-0.4, -0.2) is 28.6 Å². The summed E-state index contributed by atoms with van der Waals surface area (Å²) >= 11 is 0. The van der Waals surface area contributed by atoms with E-state index in [9.17, 15) is 4.79 Å². The highest BCUT2D eigenvalue weighted by atomic mass is 16.7. The zero-order valence-corrected chi connectivity index (χ0v) is 15.9. The molecule has 0 radical (unpaired) electrons. The number of carbonyl (C=O) groups is 1. The lowest BCUT2D eigenvalue weighted by atomic mass is 9.77. The number of hydrogen-bond donors (Lipinski definition) is 0. The van der Waals surface area contributed by atoms with Gasteiger partial charge in [0, 0.05) is 18.8 Å². The molecule has 5 nitrogen and oxygen atoms in total. The molecule has 142 valence electrons. The van der Waals surface area contributed by atoms with Crippen molar-refractivity contribution in [3.63, 3.8) is 0 Å². The van der Waals surface area contributed by atoms with Crippen LogP contribution in [0.2, 0.25) is 0 Å². The summed E-state index contributed by atoms with van der Waals surface area (Å²) in [5.41, 5.74) is 1.55. The lowest BCUT2D eigenvalue weighted by Crippen LogP contribution is -2.47. The van der Waals surface area contributed by atoms with Crippen LogP contribution in [0.25, 0.3) is 0 Å². The van der Waals surface area contributed by atoms with Crippen molar-refractivity contribution in [2.75, 3.05) is 6.79 Å². The molecule has 0 spiro atoms. The molecule has 1 aromatic heterocycles. The third-order valence-electron chi connectivity index (χ3n) is 6.00. The van der Waals surface area contributed by atoms with Gasteiger partial charge >= 0.3 is 0 Å². The highest BCUT2D eigenvalue weighted by Gasteiger charge is 2.35. The molecule has 1 aliphatic carbocycles. The molecule has 1 amide bonds. The number of carbonyl (C=O) groups excluding carboxylic acids is 1. The molecular formula is C22H26N2O3. The standard InChI is InChI=1S/C22H26N2O3/c1-15-6-5-8-19(16(15)2)24(22(25)18-7-3-4-11-23-18)13-17-9-10-20-21(12-17)27-14-26-20/h3-4,7,9-12,15-16,19H,5-6,8,13-14H2,1-2H3. The lowest BCUT2D eigenvalue weighted by molar-refractivity contribution is 0.0443. The van der Waals surface area contributed by atoms with Crippen LogP contribution in [0.1, 0.15) is 49.2 Å². The third-order valence-corrected chi connectivity index (χ3v) is 6.00. The van der Waals surface area contributed by atoms with Crippen molar-refractivity contribution >= 4 is 5.91 Å². The minimum Gasteiger partial charge on any atom is -0.454 e. The van der Waals surface area contributed by atoms with Crippen molar-refractivity contribution in [2.24, 2.45) is 11.8 Å². The van der Waals surface area contributed by atoms with E-state index in [1.807, 2.05) is 35.2 Å². The number of aromatic nitrogens is 1. The average Bonchev–Trinajstić information content (AvgIpc) is 3.16. The van der Waals surface area contributed by atoms with E-state index in [0.29, 0.717) is 24.1 Å². The topological polar surface area (TPSA) is 51.7 Å². The summed E-state index contributed by atoms with van der Waals surface area (Å²) in [6, 6.07) is 11.6. The molecule has 3 unspecified atom stereocenters. The number of pyridine rings is 1. The van der Waals surface area contributed by atoms with Crippen molar-refractivity contribution in [1.82, 2.24) is 9.88 Å². The van der Waals surface area contributed by atoms with Gasteiger partial charge in [0.15, 0.2) is 11.5 Å². The van der Waals surface area contributed by atoms with Gasteiger partial charge < -0.3 is 14.4 Å². The van der Waals surface area contributed by atoms with Gasteiger partial charge in [-0.15, -0.1) is 0 Å². The molecule has 4 rings (SSSR count). The molecule has 2 aliphatic rings. The van der Waals surface area contributed by atoms with E-state index >= 15 is 0 Å². The van der Waals surface area contributed by atoms with Crippen LogP contribution in [0.4, 0.5) is 0 Å². The Morgan fingerprint density at radius 1 is 1.15 bits per heavy atom. The Hall–Kier alpha value is -2.56. The van der Waals surface area contributed by atoms with E-state index < -0.39 is 0 Å². The van der Waals surface area contributed by atoms with Crippen LogP contribution < -0.4 is 9.47 Å². The molecule has 0 bridgehead atoms. The quantitative estimate of drug-likeness (QED) is 0.810. The number of nitrogens with zero attached hydrogens (tertiary/aromatic N) is 2. The minimum atomic E-state index is -0.000725. The molecule has 1 saturated carbocycles. The highest BCUT2D eigenvalue weighted by Crippen LogP contribution is 2.36. The molecule has 0 N–H and O–H groups in total. The van der Waals surface area contributed by atoms with Crippen molar-refractivity contribution in [1.29, 1.82) is 0 Å². The zero-order chi connectivity index (χ0) is 18.8. The molecule has 1 fully saturated rings. The van der Waals surface area contributed by atoms with Gasteiger partial charge in [-0.1, -0.05) is 38.8 Å². The molecule has 2 aromatic rings. The maximum absolute atomic E-state index is 13.3. The fraction of sp³-hybridized carbons (Fsp3) is 0.455. The first-order valence-electron chi connectivity index (χ1n) is 9.74. The third kappa shape index (κ3) is 3.64. The molecule has 27 heavy (non-hydrogen) atoms. The van der Waals surface area contributed by atoms with Crippen LogP contribution >= 0.6 is 0 Å². The molecule has 1 aromatic carbocycles. The van der Waals surface area contributed by atoms with E-state index in [1.54, 1.807) is 12.3 Å². The minimum absolute atomic E-state index is 0.000725. The first kappa shape index (κ1) is 17.8. The van der Waals surface area contributed by atoms with Crippen molar-refractivity contribution < 1.29 is 14.3 Å².